The molecule has 0 spiro atoms. The van der Waals surface area contributed by atoms with Crippen LogP contribution in [0.2, 0.25) is 0 Å². The normalized spacial score (nSPS) is 20.4. The van der Waals surface area contributed by atoms with Crippen molar-refractivity contribution in [1.82, 2.24) is 19.8 Å². The lowest BCUT2D eigenvalue weighted by Crippen LogP contribution is -2.47. The maximum absolute atomic E-state index is 12.9. The first-order valence-corrected chi connectivity index (χ1v) is 11.2. The number of likely N-dealkylation sites (N-methyl/N-ethyl adjacent to an activating group) is 1. The lowest BCUT2D eigenvalue weighted by Gasteiger charge is -2.36. The highest BCUT2D eigenvalue weighted by molar-refractivity contribution is 5.78. The summed E-state index contributed by atoms with van der Waals surface area (Å²) in [7, 11) is 3.61. The first-order chi connectivity index (χ1) is 15.2. The maximum Gasteiger partial charge on any atom is 0.236 e. The van der Waals surface area contributed by atoms with Crippen LogP contribution in [-0.4, -0.2) is 72.1 Å². The minimum Gasteiger partial charge on any atom is -0.497 e. The third-order valence-corrected chi connectivity index (χ3v) is 6.42. The van der Waals surface area contributed by atoms with Gasteiger partial charge in [-0.05, 0) is 37.1 Å². The molecular weight excluding hydrogens is 392 g/mol. The van der Waals surface area contributed by atoms with Gasteiger partial charge >= 0.3 is 0 Å². The highest BCUT2D eigenvalue weighted by Gasteiger charge is 2.29. The second-order valence-electron chi connectivity index (χ2n) is 8.41. The monoisotopic (exact) mass is 424 g/mol. The van der Waals surface area contributed by atoms with E-state index in [2.05, 4.69) is 14.9 Å². The maximum atomic E-state index is 12.9. The standard InChI is InChI=1S/C24H32N4O3/c1-27(19-6-4-3-5-7-19)22(29)17-28-14-15-31-21(16-28)24-23(25-12-13-26-24)18-8-10-20(30-2)11-9-18/h8-13,19,21H,3-7,14-17H2,1-2H3. The third-order valence-electron chi connectivity index (χ3n) is 6.42. The molecule has 1 aromatic heterocycles. The van der Waals surface area contributed by atoms with E-state index in [1.165, 1.54) is 19.3 Å². The molecule has 4 rings (SSSR count). The van der Waals surface area contributed by atoms with Crippen LogP contribution in [0, 0.1) is 0 Å². The Bertz CT molecular complexity index is 867. The van der Waals surface area contributed by atoms with Crippen molar-refractivity contribution in [2.75, 3.05) is 40.4 Å². The molecule has 166 valence electrons. The molecule has 1 aliphatic carbocycles. The molecule has 1 unspecified atom stereocenters. The zero-order valence-corrected chi connectivity index (χ0v) is 18.5. The molecular formula is C24H32N4O3. The summed E-state index contributed by atoms with van der Waals surface area (Å²) >= 11 is 0. The molecule has 31 heavy (non-hydrogen) atoms. The number of morpholine rings is 1. The molecule has 7 nitrogen and oxygen atoms in total. The summed E-state index contributed by atoms with van der Waals surface area (Å²) in [6.07, 6.45) is 9.17. The topological polar surface area (TPSA) is 67.8 Å². The minimum absolute atomic E-state index is 0.196. The van der Waals surface area contributed by atoms with E-state index >= 15 is 0 Å². The average Bonchev–Trinajstić information content (AvgIpc) is 2.84. The molecule has 1 aliphatic heterocycles. The van der Waals surface area contributed by atoms with Crippen LogP contribution in [0.4, 0.5) is 0 Å². The minimum atomic E-state index is -0.215. The van der Waals surface area contributed by atoms with Crippen LogP contribution in [0.25, 0.3) is 11.3 Å². The van der Waals surface area contributed by atoms with Crippen LogP contribution >= 0.6 is 0 Å². The number of methoxy groups -OCH3 is 1. The average molecular weight is 425 g/mol. The lowest BCUT2D eigenvalue weighted by molar-refractivity contribution is -0.135. The van der Waals surface area contributed by atoms with Crippen LogP contribution in [0.5, 0.6) is 5.75 Å². The quantitative estimate of drug-likeness (QED) is 0.709. The number of benzene rings is 1. The van der Waals surface area contributed by atoms with Gasteiger partial charge in [0.2, 0.25) is 5.91 Å². The van der Waals surface area contributed by atoms with Gasteiger partial charge in [0, 0.05) is 44.1 Å². The van der Waals surface area contributed by atoms with E-state index in [0.29, 0.717) is 25.7 Å². The van der Waals surface area contributed by atoms with Crippen molar-refractivity contribution >= 4 is 5.91 Å². The Morgan fingerprint density at radius 3 is 2.65 bits per heavy atom. The van der Waals surface area contributed by atoms with E-state index in [-0.39, 0.29) is 12.0 Å². The number of ether oxygens (including phenoxy) is 2. The van der Waals surface area contributed by atoms with E-state index in [4.69, 9.17) is 9.47 Å². The molecule has 2 fully saturated rings. The summed E-state index contributed by atoms with van der Waals surface area (Å²) in [5.74, 6) is 0.997. The smallest absolute Gasteiger partial charge is 0.236 e. The predicted octanol–water partition coefficient (Wildman–Crippen LogP) is 3.32. The molecule has 2 heterocycles. The highest BCUT2D eigenvalue weighted by atomic mass is 16.5. The highest BCUT2D eigenvalue weighted by Crippen LogP contribution is 2.30. The van der Waals surface area contributed by atoms with Gasteiger partial charge in [0.15, 0.2) is 0 Å². The zero-order valence-electron chi connectivity index (χ0n) is 18.5. The summed E-state index contributed by atoms with van der Waals surface area (Å²) in [6, 6.07) is 8.19. The summed E-state index contributed by atoms with van der Waals surface area (Å²) < 4.78 is 11.3. The van der Waals surface area contributed by atoms with Gasteiger partial charge in [-0.1, -0.05) is 19.3 Å². The van der Waals surface area contributed by atoms with Crippen molar-refractivity contribution in [1.29, 1.82) is 0 Å². The molecule has 0 N–H and O–H groups in total. The van der Waals surface area contributed by atoms with E-state index in [1.807, 2.05) is 36.2 Å². The Morgan fingerprint density at radius 1 is 1.16 bits per heavy atom. The second kappa shape index (κ2) is 10.2. The van der Waals surface area contributed by atoms with E-state index < -0.39 is 0 Å². The number of nitrogens with zero attached hydrogens (tertiary/aromatic N) is 4. The first kappa shape index (κ1) is 21.7. The molecule has 1 amide bonds. The Balaban J connectivity index is 1.44. The van der Waals surface area contributed by atoms with Crippen molar-refractivity contribution in [2.24, 2.45) is 0 Å². The largest absolute Gasteiger partial charge is 0.497 e. The van der Waals surface area contributed by atoms with Gasteiger partial charge in [-0.2, -0.15) is 0 Å². The van der Waals surface area contributed by atoms with Crippen molar-refractivity contribution in [3.63, 3.8) is 0 Å². The summed E-state index contributed by atoms with van der Waals surface area (Å²) in [5, 5.41) is 0. The van der Waals surface area contributed by atoms with Crippen LogP contribution < -0.4 is 4.74 Å². The molecule has 0 bridgehead atoms. The molecule has 0 radical (unpaired) electrons. The number of amides is 1. The fraction of sp³-hybridized carbons (Fsp3) is 0.542. The number of carbonyl (C=O) groups is 1. The van der Waals surface area contributed by atoms with Gasteiger partial charge in [0.1, 0.15) is 11.9 Å². The zero-order chi connectivity index (χ0) is 21.6. The molecule has 2 aromatic rings. The van der Waals surface area contributed by atoms with Crippen LogP contribution in [0.1, 0.15) is 43.9 Å². The predicted molar refractivity (Wildman–Crippen MR) is 119 cm³/mol. The Hall–Kier alpha value is -2.51. The van der Waals surface area contributed by atoms with Gasteiger partial charge in [-0.25, -0.2) is 0 Å². The Morgan fingerprint density at radius 2 is 1.90 bits per heavy atom. The van der Waals surface area contributed by atoms with Gasteiger partial charge in [0.05, 0.1) is 31.6 Å². The second-order valence-corrected chi connectivity index (χ2v) is 8.41. The van der Waals surface area contributed by atoms with Crippen molar-refractivity contribution < 1.29 is 14.3 Å². The van der Waals surface area contributed by atoms with E-state index in [0.717, 1.165) is 42.1 Å². The summed E-state index contributed by atoms with van der Waals surface area (Å²) in [5.41, 5.74) is 2.59. The number of hydrogen-bond acceptors (Lipinski definition) is 6. The van der Waals surface area contributed by atoms with Crippen LogP contribution in [-0.2, 0) is 9.53 Å². The van der Waals surface area contributed by atoms with Crippen LogP contribution in [0.3, 0.4) is 0 Å². The fourth-order valence-corrected chi connectivity index (χ4v) is 4.54. The summed E-state index contributed by atoms with van der Waals surface area (Å²) in [4.78, 5) is 26.2. The number of carbonyl (C=O) groups excluding carboxylic acids is 1. The SMILES string of the molecule is COc1ccc(-c2nccnc2C2CN(CC(=O)N(C)C3CCCCC3)CCO2)cc1. The molecule has 1 saturated heterocycles. The number of rotatable bonds is 6. The molecule has 7 heteroatoms. The van der Waals surface area contributed by atoms with Gasteiger partial charge in [0.25, 0.3) is 0 Å². The Kier molecular flexibility index (Phi) is 7.14. The van der Waals surface area contributed by atoms with Crippen LogP contribution in [0.15, 0.2) is 36.7 Å². The molecule has 1 aromatic carbocycles. The lowest BCUT2D eigenvalue weighted by atomic mass is 9.94. The van der Waals surface area contributed by atoms with Crippen molar-refractivity contribution in [2.45, 2.75) is 44.2 Å². The summed E-state index contributed by atoms with van der Waals surface area (Å²) in [6.45, 7) is 2.37. The van der Waals surface area contributed by atoms with Crippen molar-refractivity contribution in [3.05, 3.63) is 42.4 Å². The van der Waals surface area contributed by atoms with Gasteiger partial charge in [-0.15, -0.1) is 0 Å². The molecule has 2 aliphatic rings. The number of hydrogen-bond donors (Lipinski definition) is 0. The van der Waals surface area contributed by atoms with E-state index in [1.54, 1.807) is 19.5 Å². The molecule has 1 atom stereocenters. The number of aromatic nitrogens is 2. The fourth-order valence-electron chi connectivity index (χ4n) is 4.54. The van der Waals surface area contributed by atoms with Gasteiger partial charge < -0.3 is 14.4 Å². The molecule has 1 saturated carbocycles. The Labute approximate surface area is 184 Å². The third kappa shape index (κ3) is 5.22. The van der Waals surface area contributed by atoms with Gasteiger partial charge in [-0.3, -0.25) is 19.7 Å². The van der Waals surface area contributed by atoms with E-state index in [9.17, 15) is 4.79 Å². The van der Waals surface area contributed by atoms with Crippen molar-refractivity contribution in [3.8, 4) is 17.0 Å². The first-order valence-electron chi connectivity index (χ1n) is 11.2.